The number of aromatic nitrogens is 2. The molecule has 1 aliphatic rings. The molecule has 0 amide bonds. The van der Waals surface area contributed by atoms with Crippen LogP contribution in [0.25, 0.3) is 0 Å². The van der Waals surface area contributed by atoms with Gasteiger partial charge in [0, 0.05) is 5.56 Å². The Morgan fingerprint density at radius 3 is 3.20 bits per heavy atom. The largest absolute Gasteiger partial charge is 0.493 e. The molecule has 0 N–H and O–H groups in total. The number of nitrogens with zero attached hydrogens (tertiary/aromatic N) is 3. The number of nitriles is 1. The van der Waals surface area contributed by atoms with Crippen molar-refractivity contribution in [3.8, 4) is 11.8 Å². The number of benzene rings is 1. The molecule has 0 spiro atoms. The molecule has 1 atom stereocenters. The van der Waals surface area contributed by atoms with E-state index >= 15 is 0 Å². The second-order valence-corrected chi connectivity index (χ2v) is 5.41. The van der Waals surface area contributed by atoms with Crippen LogP contribution < -0.4 is 4.74 Å². The quantitative estimate of drug-likeness (QED) is 0.805. The maximum atomic E-state index is 8.51. The zero-order valence-electron chi connectivity index (χ0n) is 10.8. The Labute approximate surface area is 120 Å². The van der Waals surface area contributed by atoms with Crippen molar-refractivity contribution in [3.63, 3.8) is 0 Å². The molecular formula is C14H13N3O2S. The molecule has 6 heteroatoms. The van der Waals surface area contributed by atoms with E-state index in [0.29, 0.717) is 29.8 Å². The molecule has 0 saturated heterocycles. The van der Waals surface area contributed by atoms with Gasteiger partial charge in [-0.25, -0.2) is 0 Å². The van der Waals surface area contributed by atoms with E-state index in [1.807, 2.05) is 24.3 Å². The Hall–Kier alpha value is -2.00. The van der Waals surface area contributed by atoms with E-state index in [1.165, 1.54) is 11.8 Å². The first-order chi connectivity index (χ1) is 9.88. The lowest BCUT2D eigenvalue weighted by molar-refractivity contribution is 0.272. The molecule has 1 aliphatic heterocycles. The van der Waals surface area contributed by atoms with Crippen LogP contribution in [-0.2, 0) is 5.75 Å². The van der Waals surface area contributed by atoms with Gasteiger partial charge in [-0.05, 0) is 12.5 Å². The highest BCUT2D eigenvalue weighted by Crippen LogP contribution is 2.36. The molecule has 0 saturated carbocycles. The van der Waals surface area contributed by atoms with E-state index in [-0.39, 0.29) is 5.92 Å². The summed E-state index contributed by atoms with van der Waals surface area (Å²) in [6, 6.07) is 10.0. The van der Waals surface area contributed by atoms with Crippen molar-refractivity contribution in [2.24, 2.45) is 0 Å². The van der Waals surface area contributed by atoms with Crippen LogP contribution in [0.4, 0.5) is 0 Å². The topological polar surface area (TPSA) is 71.9 Å². The van der Waals surface area contributed by atoms with Gasteiger partial charge in [0.15, 0.2) is 5.82 Å². The van der Waals surface area contributed by atoms with Gasteiger partial charge in [0.05, 0.1) is 30.1 Å². The minimum atomic E-state index is 0.124. The van der Waals surface area contributed by atoms with Crippen LogP contribution in [0.15, 0.2) is 28.8 Å². The molecule has 2 heterocycles. The average Bonchev–Trinajstić information content (AvgIpc) is 2.96. The Kier molecular flexibility index (Phi) is 3.88. The number of hydrogen-bond acceptors (Lipinski definition) is 6. The van der Waals surface area contributed by atoms with Gasteiger partial charge in [-0.3, -0.25) is 0 Å². The van der Waals surface area contributed by atoms with Gasteiger partial charge in [0.25, 0.3) is 0 Å². The number of ether oxygens (including phenoxy) is 1. The third-order valence-corrected chi connectivity index (χ3v) is 3.93. The predicted octanol–water partition coefficient (Wildman–Crippen LogP) is 2.74. The summed E-state index contributed by atoms with van der Waals surface area (Å²) in [5.74, 6) is 3.30. The fourth-order valence-corrected chi connectivity index (χ4v) is 2.75. The molecule has 1 aromatic carbocycles. The Morgan fingerprint density at radius 2 is 2.30 bits per heavy atom. The van der Waals surface area contributed by atoms with Crippen LogP contribution in [0.1, 0.15) is 29.6 Å². The van der Waals surface area contributed by atoms with E-state index < -0.39 is 0 Å². The van der Waals surface area contributed by atoms with Crippen molar-refractivity contribution in [3.05, 3.63) is 41.5 Å². The summed E-state index contributed by atoms with van der Waals surface area (Å²) in [6.45, 7) is 0.661. The summed E-state index contributed by atoms with van der Waals surface area (Å²) in [4.78, 5) is 4.44. The predicted molar refractivity (Wildman–Crippen MR) is 74.5 cm³/mol. The average molecular weight is 287 g/mol. The first-order valence-electron chi connectivity index (χ1n) is 6.37. The summed E-state index contributed by atoms with van der Waals surface area (Å²) in [6.07, 6.45) is 0.849. The van der Waals surface area contributed by atoms with Crippen molar-refractivity contribution < 1.29 is 9.26 Å². The highest BCUT2D eigenvalue weighted by atomic mass is 32.2. The van der Waals surface area contributed by atoms with Crippen LogP contribution in [0, 0.1) is 11.3 Å². The normalized spacial score (nSPS) is 17.1. The Bertz CT molecular complexity index is 635. The SMILES string of the molecule is N#CCSCc1nc(C2CCOc3ccccc32)no1. The number of hydrogen-bond donors (Lipinski definition) is 0. The van der Waals surface area contributed by atoms with Crippen molar-refractivity contribution in [1.82, 2.24) is 10.1 Å². The van der Waals surface area contributed by atoms with E-state index in [1.54, 1.807) is 0 Å². The summed E-state index contributed by atoms with van der Waals surface area (Å²) in [5, 5.41) is 12.6. The van der Waals surface area contributed by atoms with Gasteiger partial charge in [0.2, 0.25) is 5.89 Å². The molecule has 0 fully saturated rings. The highest BCUT2D eigenvalue weighted by molar-refractivity contribution is 7.98. The minimum Gasteiger partial charge on any atom is -0.493 e. The Balaban J connectivity index is 1.79. The maximum absolute atomic E-state index is 8.51. The first-order valence-corrected chi connectivity index (χ1v) is 7.53. The fourth-order valence-electron chi connectivity index (χ4n) is 2.26. The second-order valence-electron chi connectivity index (χ2n) is 4.42. The monoisotopic (exact) mass is 287 g/mol. The molecule has 5 nitrogen and oxygen atoms in total. The van der Waals surface area contributed by atoms with Gasteiger partial charge in [0.1, 0.15) is 5.75 Å². The molecule has 20 heavy (non-hydrogen) atoms. The fraction of sp³-hybridized carbons (Fsp3) is 0.357. The Morgan fingerprint density at radius 1 is 1.40 bits per heavy atom. The van der Waals surface area contributed by atoms with E-state index in [2.05, 4.69) is 16.2 Å². The maximum Gasteiger partial charge on any atom is 0.236 e. The van der Waals surface area contributed by atoms with Crippen LogP contribution >= 0.6 is 11.8 Å². The molecule has 2 aromatic rings. The molecule has 1 aromatic heterocycles. The highest BCUT2D eigenvalue weighted by Gasteiger charge is 2.26. The van der Waals surface area contributed by atoms with Crippen LogP contribution in [0.2, 0.25) is 0 Å². The minimum absolute atomic E-state index is 0.124. The first kappa shape index (κ1) is 13.0. The van der Waals surface area contributed by atoms with Crippen molar-refractivity contribution in [2.45, 2.75) is 18.1 Å². The number of para-hydroxylation sites is 1. The van der Waals surface area contributed by atoms with Gasteiger partial charge in [-0.2, -0.15) is 10.2 Å². The second kappa shape index (κ2) is 5.97. The lowest BCUT2D eigenvalue weighted by Crippen LogP contribution is -2.16. The zero-order chi connectivity index (χ0) is 13.8. The van der Waals surface area contributed by atoms with Gasteiger partial charge < -0.3 is 9.26 Å². The van der Waals surface area contributed by atoms with Crippen LogP contribution in [0.5, 0.6) is 5.75 Å². The molecular weight excluding hydrogens is 274 g/mol. The van der Waals surface area contributed by atoms with E-state index in [4.69, 9.17) is 14.5 Å². The van der Waals surface area contributed by atoms with Gasteiger partial charge in [-0.1, -0.05) is 23.4 Å². The summed E-state index contributed by atoms with van der Waals surface area (Å²) >= 11 is 1.47. The molecule has 1 unspecified atom stereocenters. The number of thioether (sulfide) groups is 1. The van der Waals surface area contributed by atoms with E-state index in [0.717, 1.165) is 17.7 Å². The molecule has 3 rings (SSSR count). The van der Waals surface area contributed by atoms with Gasteiger partial charge in [-0.15, -0.1) is 11.8 Å². The van der Waals surface area contributed by atoms with Crippen molar-refractivity contribution in [2.75, 3.05) is 12.4 Å². The molecule has 102 valence electrons. The van der Waals surface area contributed by atoms with Crippen molar-refractivity contribution >= 4 is 11.8 Å². The smallest absolute Gasteiger partial charge is 0.236 e. The summed E-state index contributed by atoms with van der Waals surface area (Å²) in [5.41, 5.74) is 1.11. The van der Waals surface area contributed by atoms with E-state index in [9.17, 15) is 0 Å². The lowest BCUT2D eigenvalue weighted by atomic mass is 9.92. The molecule has 0 radical (unpaired) electrons. The number of rotatable bonds is 4. The summed E-state index contributed by atoms with van der Waals surface area (Å²) in [7, 11) is 0. The molecule has 0 bridgehead atoms. The summed E-state index contributed by atoms with van der Waals surface area (Å²) < 4.78 is 10.9. The molecule has 0 aliphatic carbocycles. The van der Waals surface area contributed by atoms with Crippen LogP contribution in [0.3, 0.4) is 0 Å². The van der Waals surface area contributed by atoms with Crippen molar-refractivity contribution in [1.29, 1.82) is 5.26 Å². The standard InChI is InChI=1S/C14H13N3O2S/c15-6-8-20-9-13-16-14(17-19-13)11-5-7-18-12-4-2-1-3-10(11)12/h1-4,11H,5,7-9H2. The third kappa shape index (κ3) is 2.63. The lowest BCUT2D eigenvalue weighted by Gasteiger charge is -2.23. The van der Waals surface area contributed by atoms with Crippen LogP contribution in [-0.4, -0.2) is 22.5 Å². The van der Waals surface area contributed by atoms with Gasteiger partial charge >= 0.3 is 0 Å². The zero-order valence-corrected chi connectivity index (χ0v) is 11.6. The number of fused-ring (bicyclic) bond motifs is 1. The third-order valence-electron chi connectivity index (χ3n) is 3.15.